The third-order valence-corrected chi connectivity index (χ3v) is 5.26. The number of esters is 1. The molecule has 2 aromatic rings. The molecule has 1 fully saturated rings. The van der Waals surface area contributed by atoms with Gasteiger partial charge in [0, 0.05) is 11.7 Å². The lowest BCUT2D eigenvalue weighted by Gasteiger charge is -2.29. The van der Waals surface area contributed by atoms with E-state index in [0.717, 1.165) is 24.8 Å². The van der Waals surface area contributed by atoms with Gasteiger partial charge >= 0.3 is 5.97 Å². The summed E-state index contributed by atoms with van der Waals surface area (Å²) in [6.07, 6.45) is 5.76. The van der Waals surface area contributed by atoms with Crippen molar-refractivity contribution in [2.45, 2.75) is 45.6 Å². The van der Waals surface area contributed by atoms with Crippen LogP contribution in [0.3, 0.4) is 0 Å². The quantitative estimate of drug-likeness (QED) is 0.723. The van der Waals surface area contributed by atoms with E-state index in [-0.39, 0.29) is 29.9 Å². The molecule has 29 heavy (non-hydrogen) atoms. The van der Waals surface area contributed by atoms with E-state index in [0.29, 0.717) is 11.6 Å². The molecule has 7 heteroatoms. The van der Waals surface area contributed by atoms with Crippen LogP contribution >= 0.6 is 0 Å². The predicted octanol–water partition coefficient (Wildman–Crippen LogP) is 3.69. The normalized spacial score (nSPS) is 18.7. The van der Waals surface area contributed by atoms with Crippen LogP contribution in [-0.4, -0.2) is 30.4 Å². The molecular formula is C22H26N2O5. The Hall–Kier alpha value is -3.09. The average Bonchev–Trinajstić information content (AvgIpc) is 3.24. The molecule has 2 amide bonds. The molecule has 1 aromatic heterocycles. The number of ether oxygens (including phenoxy) is 1. The molecule has 0 spiro atoms. The van der Waals surface area contributed by atoms with Crippen molar-refractivity contribution in [3.63, 3.8) is 0 Å². The van der Waals surface area contributed by atoms with Crippen molar-refractivity contribution in [2.75, 3.05) is 11.9 Å². The first-order valence-electron chi connectivity index (χ1n) is 9.86. The molecule has 2 unspecified atom stereocenters. The summed E-state index contributed by atoms with van der Waals surface area (Å²) in [5.41, 5.74) is 1.51. The van der Waals surface area contributed by atoms with E-state index < -0.39 is 11.9 Å². The number of rotatable bonds is 6. The molecule has 3 rings (SSSR count). The third-order valence-electron chi connectivity index (χ3n) is 5.26. The first kappa shape index (κ1) is 20.6. The number of carbonyl (C=O) groups is 3. The van der Waals surface area contributed by atoms with Crippen LogP contribution in [0.5, 0.6) is 0 Å². The summed E-state index contributed by atoms with van der Waals surface area (Å²) in [5, 5.41) is 5.67. The lowest BCUT2D eigenvalue weighted by Crippen LogP contribution is -2.42. The standard InChI is InChI=1S/C22H26N2O5/c1-14-6-3-4-7-17(14)23-20(25)13-29-22(27)16-10-9-15(2)18(12-16)24-21(26)19-8-5-11-28-19/h5,8-12,14,17H,3-4,6-7,13H2,1-2H3,(H,23,25)(H,24,26). The van der Waals surface area contributed by atoms with Crippen LogP contribution < -0.4 is 10.6 Å². The van der Waals surface area contributed by atoms with Gasteiger partial charge in [-0.2, -0.15) is 0 Å². The van der Waals surface area contributed by atoms with Crippen molar-refractivity contribution < 1.29 is 23.5 Å². The fraction of sp³-hybridized carbons (Fsp3) is 0.409. The molecule has 1 aliphatic rings. The Kier molecular flexibility index (Phi) is 6.69. The number of aryl methyl sites for hydroxylation is 1. The minimum absolute atomic E-state index is 0.137. The van der Waals surface area contributed by atoms with E-state index in [1.54, 1.807) is 24.3 Å². The maximum atomic E-state index is 12.4. The number of amides is 2. The number of hydrogen-bond donors (Lipinski definition) is 2. The lowest BCUT2D eigenvalue weighted by molar-refractivity contribution is -0.125. The topological polar surface area (TPSA) is 97.6 Å². The first-order chi connectivity index (χ1) is 13.9. The SMILES string of the molecule is Cc1ccc(C(=O)OCC(=O)NC2CCCCC2C)cc1NC(=O)c1ccco1. The Labute approximate surface area is 169 Å². The van der Waals surface area contributed by atoms with Crippen molar-refractivity contribution in [3.05, 3.63) is 53.5 Å². The average molecular weight is 398 g/mol. The summed E-state index contributed by atoms with van der Waals surface area (Å²) in [5.74, 6) is -0.725. The van der Waals surface area contributed by atoms with Crippen molar-refractivity contribution in [1.82, 2.24) is 5.32 Å². The molecule has 7 nitrogen and oxygen atoms in total. The molecule has 0 bridgehead atoms. The largest absolute Gasteiger partial charge is 0.459 e. The minimum Gasteiger partial charge on any atom is -0.459 e. The number of furan rings is 1. The number of carbonyl (C=O) groups excluding carboxylic acids is 3. The molecule has 2 atom stereocenters. The van der Waals surface area contributed by atoms with Gasteiger partial charge in [0.15, 0.2) is 12.4 Å². The van der Waals surface area contributed by atoms with Gasteiger partial charge < -0.3 is 19.8 Å². The van der Waals surface area contributed by atoms with E-state index in [9.17, 15) is 14.4 Å². The highest BCUT2D eigenvalue weighted by Crippen LogP contribution is 2.23. The van der Waals surface area contributed by atoms with Crippen LogP contribution in [0.1, 0.15) is 59.1 Å². The monoisotopic (exact) mass is 398 g/mol. The molecule has 2 N–H and O–H groups in total. The van der Waals surface area contributed by atoms with Gasteiger partial charge in [0.25, 0.3) is 11.8 Å². The Morgan fingerprint density at radius 3 is 2.69 bits per heavy atom. The Bertz CT molecular complexity index is 875. The molecule has 0 radical (unpaired) electrons. The Morgan fingerprint density at radius 2 is 1.97 bits per heavy atom. The molecule has 0 aliphatic heterocycles. The third kappa shape index (κ3) is 5.47. The molecule has 1 saturated carbocycles. The highest BCUT2D eigenvalue weighted by Gasteiger charge is 2.23. The summed E-state index contributed by atoms with van der Waals surface area (Å²) in [6, 6.07) is 8.14. The summed E-state index contributed by atoms with van der Waals surface area (Å²) in [7, 11) is 0. The second-order valence-electron chi connectivity index (χ2n) is 7.47. The van der Waals surface area contributed by atoms with Gasteiger partial charge in [-0.25, -0.2) is 4.79 Å². The maximum absolute atomic E-state index is 12.4. The number of nitrogens with one attached hydrogen (secondary N) is 2. The summed E-state index contributed by atoms with van der Waals surface area (Å²) < 4.78 is 10.2. The molecule has 1 aromatic carbocycles. The lowest BCUT2D eigenvalue weighted by atomic mass is 9.86. The van der Waals surface area contributed by atoms with E-state index in [1.165, 1.54) is 18.8 Å². The maximum Gasteiger partial charge on any atom is 0.338 e. The van der Waals surface area contributed by atoms with Crippen molar-refractivity contribution in [1.29, 1.82) is 0 Å². The zero-order valence-corrected chi connectivity index (χ0v) is 16.7. The van der Waals surface area contributed by atoms with E-state index >= 15 is 0 Å². The van der Waals surface area contributed by atoms with Gasteiger partial charge in [0.05, 0.1) is 11.8 Å². The predicted molar refractivity (Wildman–Crippen MR) is 108 cm³/mol. The van der Waals surface area contributed by atoms with Gasteiger partial charge in [0.2, 0.25) is 0 Å². The van der Waals surface area contributed by atoms with Gasteiger partial charge in [-0.15, -0.1) is 0 Å². The number of benzene rings is 1. The van der Waals surface area contributed by atoms with Gasteiger partial charge in [-0.3, -0.25) is 9.59 Å². The highest BCUT2D eigenvalue weighted by molar-refractivity contribution is 6.03. The number of anilines is 1. The molecule has 1 heterocycles. The van der Waals surface area contributed by atoms with Crippen LogP contribution in [0.25, 0.3) is 0 Å². The zero-order valence-electron chi connectivity index (χ0n) is 16.7. The number of hydrogen-bond acceptors (Lipinski definition) is 5. The van der Waals surface area contributed by atoms with Gasteiger partial charge in [0.1, 0.15) is 0 Å². The summed E-state index contributed by atoms with van der Waals surface area (Å²) in [4.78, 5) is 36.7. The second kappa shape index (κ2) is 9.41. The minimum atomic E-state index is -0.620. The van der Waals surface area contributed by atoms with Crippen molar-refractivity contribution >= 4 is 23.5 Å². The van der Waals surface area contributed by atoms with Crippen LogP contribution in [0.15, 0.2) is 41.0 Å². The van der Waals surface area contributed by atoms with Crippen LogP contribution in [0.2, 0.25) is 0 Å². The smallest absolute Gasteiger partial charge is 0.338 e. The van der Waals surface area contributed by atoms with Crippen LogP contribution in [-0.2, 0) is 9.53 Å². The van der Waals surface area contributed by atoms with Crippen LogP contribution in [0.4, 0.5) is 5.69 Å². The Morgan fingerprint density at radius 1 is 1.17 bits per heavy atom. The van der Waals surface area contributed by atoms with Crippen LogP contribution in [0, 0.1) is 12.8 Å². The van der Waals surface area contributed by atoms with E-state index in [4.69, 9.17) is 9.15 Å². The fourth-order valence-corrected chi connectivity index (χ4v) is 3.47. The molecular weight excluding hydrogens is 372 g/mol. The van der Waals surface area contributed by atoms with Gasteiger partial charge in [-0.05, 0) is 55.5 Å². The van der Waals surface area contributed by atoms with E-state index in [1.807, 2.05) is 6.92 Å². The molecule has 0 saturated heterocycles. The summed E-state index contributed by atoms with van der Waals surface area (Å²) in [6.45, 7) is 3.61. The van der Waals surface area contributed by atoms with E-state index in [2.05, 4.69) is 17.6 Å². The highest BCUT2D eigenvalue weighted by atomic mass is 16.5. The summed E-state index contributed by atoms with van der Waals surface area (Å²) >= 11 is 0. The zero-order chi connectivity index (χ0) is 20.8. The molecule has 1 aliphatic carbocycles. The molecule has 154 valence electrons. The van der Waals surface area contributed by atoms with Gasteiger partial charge in [-0.1, -0.05) is 25.8 Å². The van der Waals surface area contributed by atoms with Crippen molar-refractivity contribution in [2.24, 2.45) is 5.92 Å². The second-order valence-corrected chi connectivity index (χ2v) is 7.47. The Balaban J connectivity index is 1.56. The first-order valence-corrected chi connectivity index (χ1v) is 9.86. The van der Waals surface area contributed by atoms with Crippen molar-refractivity contribution in [3.8, 4) is 0 Å². The fourth-order valence-electron chi connectivity index (χ4n) is 3.47.